The molecule has 0 unspecified atom stereocenters. The SMILES string of the molecule is C/C=C/C.C=C/C(=C\C(=C/C)CCN1CCC2(CC1)CNCCO2)CCOCCC(=O)O. The summed E-state index contributed by atoms with van der Waals surface area (Å²) in [7, 11) is 0. The fraction of sp³-hybridized carbons (Fsp3) is 0.654. The first-order valence-corrected chi connectivity index (χ1v) is 11.9. The van der Waals surface area contributed by atoms with Crippen LogP contribution >= 0.6 is 0 Å². The van der Waals surface area contributed by atoms with Crippen molar-refractivity contribution in [1.82, 2.24) is 10.2 Å². The topological polar surface area (TPSA) is 71.0 Å². The van der Waals surface area contributed by atoms with Crippen molar-refractivity contribution in [3.8, 4) is 0 Å². The minimum absolute atomic E-state index is 0.0471. The summed E-state index contributed by atoms with van der Waals surface area (Å²) in [6, 6.07) is 0. The average molecular weight is 449 g/mol. The molecule has 6 heteroatoms. The summed E-state index contributed by atoms with van der Waals surface area (Å²) in [5.74, 6) is -0.828. The van der Waals surface area contributed by atoms with E-state index in [0.717, 1.165) is 70.6 Å². The van der Waals surface area contributed by atoms with Crippen molar-refractivity contribution in [3.63, 3.8) is 0 Å². The van der Waals surface area contributed by atoms with Crippen molar-refractivity contribution in [1.29, 1.82) is 0 Å². The molecule has 2 aliphatic rings. The number of rotatable bonds is 11. The van der Waals surface area contributed by atoms with E-state index in [1.54, 1.807) is 0 Å². The molecule has 0 saturated carbocycles. The number of hydrogen-bond acceptors (Lipinski definition) is 5. The molecule has 0 aromatic carbocycles. The minimum atomic E-state index is -0.828. The number of morpholine rings is 1. The van der Waals surface area contributed by atoms with Gasteiger partial charge in [0, 0.05) is 32.7 Å². The van der Waals surface area contributed by atoms with Crippen LogP contribution in [0.2, 0.25) is 0 Å². The number of aliphatic carboxylic acids is 1. The summed E-state index contributed by atoms with van der Waals surface area (Å²) >= 11 is 0. The molecule has 2 heterocycles. The van der Waals surface area contributed by atoms with Gasteiger partial charge in [-0.1, -0.05) is 42.5 Å². The van der Waals surface area contributed by atoms with Gasteiger partial charge in [-0.15, -0.1) is 0 Å². The fourth-order valence-corrected chi connectivity index (χ4v) is 3.72. The van der Waals surface area contributed by atoms with Crippen molar-refractivity contribution >= 4 is 5.97 Å². The van der Waals surface area contributed by atoms with Gasteiger partial charge < -0.3 is 24.8 Å². The summed E-state index contributed by atoms with van der Waals surface area (Å²) in [6.45, 7) is 16.8. The van der Waals surface area contributed by atoms with Gasteiger partial charge in [0.25, 0.3) is 0 Å². The number of likely N-dealkylation sites (tertiary alicyclic amines) is 1. The second-order valence-corrected chi connectivity index (χ2v) is 8.26. The molecule has 0 amide bonds. The molecule has 0 aliphatic carbocycles. The van der Waals surface area contributed by atoms with Crippen LogP contribution in [0.25, 0.3) is 0 Å². The molecular weight excluding hydrogens is 404 g/mol. The number of carboxylic acids is 1. The number of hydrogen-bond donors (Lipinski definition) is 2. The van der Waals surface area contributed by atoms with Crippen LogP contribution in [0.1, 0.15) is 52.9 Å². The van der Waals surface area contributed by atoms with Gasteiger partial charge in [0.15, 0.2) is 0 Å². The lowest BCUT2D eigenvalue weighted by Gasteiger charge is -2.44. The van der Waals surface area contributed by atoms with Crippen molar-refractivity contribution in [2.24, 2.45) is 0 Å². The molecule has 2 aliphatic heterocycles. The van der Waals surface area contributed by atoms with E-state index in [1.165, 1.54) is 5.57 Å². The van der Waals surface area contributed by atoms with Crippen LogP contribution in [0.5, 0.6) is 0 Å². The number of nitrogens with one attached hydrogen (secondary N) is 1. The van der Waals surface area contributed by atoms with E-state index >= 15 is 0 Å². The van der Waals surface area contributed by atoms with Crippen LogP contribution in [0.3, 0.4) is 0 Å². The maximum absolute atomic E-state index is 10.5. The molecule has 2 N–H and O–H groups in total. The van der Waals surface area contributed by atoms with Crippen LogP contribution in [0.15, 0.2) is 48.1 Å². The molecule has 182 valence electrons. The highest BCUT2D eigenvalue weighted by atomic mass is 16.5. The van der Waals surface area contributed by atoms with Gasteiger partial charge in [0.1, 0.15) is 0 Å². The predicted octanol–water partition coefficient (Wildman–Crippen LogP) is 4.35. The molecule has 2 rings (SSSR count). The van der Waals surface area contributed by atoms with E-state index in [1.807, 2.05) is 32.1 Å². The van der Waals surface area contributed by atoms with Crippen molar-refractivity contribution < 1.29 is 19.4 Å². The molecule has 0 radical (unpaired) electrons. The number of carboxylic acid groups (broad SMARTS) is 1. The van der Waals surface area contributed by atoms with Crippen molar-refractivity contribution in [3.05, 3.63) is 48.1 Å². The number of allylic oxidation sites excluding steroid dienone is 5. The molecule has 0 aromatic heterocycles. The van der Waals surface area contributed by atoms with Crippen molar-refractivity contribution in [2.75, 3.05) is 52.5 Å². The molecular formula is C26H44N2O4. The Morgan fingerprint density at radius 1 is 1.12 bits per heavy atom. The normalized spacial score (nSPS) is 19.6. The average Bonchev–Trinajstić information content (AvgIpc) is 2.82. The predicted molar refractivity (Wildman–Crippen MR) is 132 cm³/mol. The van der Waals surface area contributed by atoms with Crippen LogP contribution in [0, 0.1) is 0 Å². The quantitative estimate of drug-likeness (QED) is 0.278. The summed E-state index contributed by atoms with van der Waals surface area (Å²) in [5.41, 5.74) is 2.49. The van der Waals surface area contributed by atoms with Gasteiger partial charge in [-0.25, -0.2) is 0 Å². The third-order valence-corrected chi connectivity index (χ3v) is 5.95. The first kappa shape index (κ1) is 28.3. The Balaban J connectivity index is 0.00000118. The molecule has 0 aromatic rings. The Kier molecular flexibility index (Phi) is 14.9. The largest absolute Gasteiger partial charge is 0.481 e. The zero-order valence-corrected chi connectivity index (χ0v) is 20.4. The third kappa shape index (κ3) is 11.8. The highest BCUT2D eigenvalue weighted by molar-refractivity contribution is 5.66. The van der Waals surface area contributed by atoms with Crippen LogP contribution < -0.4 is 5.32 Å². The fourth-order valence-electron chi connectivity index (χ4n) is 3.72. The Morgan fingerprint density at radius 2 is 1.81 bits per heavy atom. The number of ether oxygens (including phenoxy) is 2. The molecule has 2 saturated heterocycles. The van der Waals surface area contributed by atoms with E-state index in [2.05, 4.69) is 35.9 Å². The van der Waals surface area contributed by atoms with Crippen molar-refractivity contribution in [2.45, 2.75) is 58.5 Å². The number of nitrogens with zero attached hydrogens (tertiary/aromatic N) is 1. The Bertz CT molecular complexity index is 620. The molecule has 32 heavy (non-hydrogen) atoms. The zero-order valence-electron chi connectivity index (χ0n) is 20.4. The van der Waals surface area contributed by atoms with Gasteiger partial charge >= 0.3 is 5.97 Å². The summed E-state index contributed by atoms with van der Waals surface area (Å²) in [6.07, 6.45) is 14.2. The van der Waals surface area contributed by atoms with E-state index in [-0.39, 0.29) is 18.6 Å². The second kappa shape index (κ2) is 16.8. The highest BCUT2D eigenvalue weighted by Gasteiger charge is 2.36. The molecule has 0 bridgehead atoms. The first-order chi connectivity index (χ1) is 15.5. The number of piperidine rings is 1. The van der Waals surface area contributed by atoms with Gasteiger partial charge in [-0.3, -0.25) is 4.79 Å². The summed E-state index contributed by atoms with van der Waals surface area (Å²) in [5, 5.41) is 12.1. The lowest BCUT2D eigenvalue weighted by molar-refractivity contribution is -0.138. The van der Waals surface area contributed by atoms with Crippen LogP contribution in [0.4, 0.5) is 0 Å². The summed E-state index contributed by atoms with van der Waals surface area (Å²) in [4.78, 5) is 13.0. The standard InChI is InChI=1S/C22H36N2O4.C4H8/c1-3-19(17-20(4-2)6-14-27-15-7-21(25)26)5-11-24-12-8-22(9-13-24)18-23-10-16-28-22;1-3-4-2/h3-4,17,23H,2,5-16,18H2,1H3,(H,25,26);3-4H,1-2H3/b19-3-,20-17+;4-3+. The third-order valence-electron chi connectivity index (χ3n) is 5.95. The van der Waals surface area contributed by atoms with E-state index in [0.29, 0.717) is 6.61 Å². The van der Waals surface area contributed by atoms with Crippen LogP contribution in [-0.4, -0.2) is 74.1 Å². The maximum Gasteiger partial charge on any atom is 0.305 e. The zero-order chi connectivity index (χ0) is 23.7. The van der Waals surface area contributed by atoms with E-state index in [4.69, 9.17) is 14.6 Å². The highest BCUT2D eigenvalue weighted by Crippen LogP contribution is 2.27. The molecule has 1 spiro atoms. The minimum Gasteiger partial charge on any atom is -0.481 e. The van der Waals surface area contributed by atoms with Gasteiger partial charge in [-0.2, -0.15) is 0 Å². The smallest absolute Gasteiger partial charge is 0.305 e. The first-order valence-electron chi connectivity index (χ1n) is 11.9. The maximum atomic E-state index is 10.5. The molecule has 0 atom stereocenters. The lowest BCUT2D eigenvalue weighted by atomic mass is 9.90. The summed E-state index contributed by atoms with van der Waals surface area (Å²) < 4.78 is 11.5. The Morgan fingerprint density at radius 3 is 2.34 bits per heavy atom. The molecule has 6 nitrogen and oxygen atoms in total. The Hall–Kier alpha value is -1.73. The van der Waals surface area contributed by atoms with E-state index in [9.17, 15) is 4.79 Å². The monoisotopic (exact) mass is 448 g/mol. The van der Waals surface area contributed by atoms with Gasteiger partial charge in [0.05, 0.1) is 31.8 Å². The number of carbonyl (C=O) groups is 1. The molecule has 2 fully saturated rings. The van der Waals surface area contributed by atoms with Gasteiger partial charge in [-0.05, 0) is 52.0 Å². The Labute approximate surface area is 195 Å². The van der Waals surface area contributed by atoms with Gasteiger partial charge in [0.2, 0.25) is 0 Å². The second-order valence-electron chi connectivity index (χ2n) is 8.26. The van der Waals surface area contributed by atoms with Crippen LogP contribution in [-0.2, 0) is 14.3 Å². The van der Waals surface area contributed by atoms with E-state index < -0.39 is 5.97 Å². The lowest BCUT2D eigenvalue weighted by Crippen LogP contribution is -2.55.